The molecule has 92 valence electrons. The Morgan fingerprint density at radius 3 is 2.71 bits per heavy atom. The number of benzene rings is 1. The summed E-state index contributed by atoms with van der Waals surface area (Å²) < 4.78 is 5.63. The molecule has 1 aromatic carbocycles. The standard InChI is InChI=1S/C15H20O2/c1-3-14-9-15(10-16,11-17-14)8-13-6-4-12(2)5-7-13/h3-7,14,16H,1,8-11H2,2H3/t14-,15+/m0/s1. The van der Waals surface area contributed by atoms with Gasteiger partial charge in [-0.3, -0.25) is 0 Å². The van der Waals surface area contributed by atoms with Gasteiger partial charge in [-0.2, -0.15) is 0 Å². The second-order valence-corrected chi connectivity index (χ2v) is 5.11. The average molecular weight is 232 g/mol. The van der Waals surface area contributed by atoms with Gasteiger partial charge in [0.2, 0.25) is 0 Å². The minimum absolute atomic E-state index is 0.0904. The van der Waals surface area contributed by atoms with Crippen molar-refractivity contribution in [2.45, 2.75) is 25.9 Å². The lowest BCUT2D eigenvalue weighted by Crippen LogP contribution is -2.28. The second kappa shape index (κ2) is 5.03. The highest BCUT2D eigenvalue weighted by molar-refractivity contribution is 5.23. The van der Waals surface area contributed by atoms with Gasteiger partial charge < -0.3 is 9.84 Å². The number of rotatable bonds is 4. The van der Waals surface area contributed by atoms with Crippen LogP contribution in [0, 0.1) is 12.3 Å². The van der Waals surface area contributed by atoms with Gasteiger partial charge in [0.25, 0.3) is 0 Å². The number of aliphatic hydroxyl groups is 1. The van der Waals surface area contributed by atoms with E-state index in [1.54, 1.807) is 0 Å². The summed E-state index contributed by atoms with van der Waals surface area (Å²) >= 11 is 0. The van der Waals surface area contributed by atoms with Crippen LogP contribution >= 0.6 is 0 Å². The van der Waals surface area contributed by atoms with Crippen LogP contribution in [0.25, 0.3) is 0 Å². The molecule has 2 atom stereocenters. The fraction of sp³-hybridized carbons (Fsp3) is 0.467. The van der Waals surface area contributed by atoms with Crippen LogP contribution in [0.2, 0.25) is 0 Å². The zero-order chi connectivity index (χ0) is 12.3. The van der Waals surface area contributed by atoms with Crippen LogP contribution < -0.4 is 0 Å². The number of hydrogen-bond acceptors (Lipinski definition) is 2. The summed E-state index contributed by atoms with van der Waals surface area (Å²) in [6.45, 7) is 6.63. The molecule has 1 N–H and O–H groups in total. The zero-order valence-electron chi connectivity index (χ0n) is 10.4. The molecule has 0 saturated carbocycles. The van der Waals surface area contributed by atoms with Crippen molar-refractivity contribution >= 4 is 0 Å². The molecule has 0 spiro atoms. The smallest absolute Gasteiger partial charge is 0.0760 e. The maximum Gasteiger partial charge on any atom is 0.0760 e. The summed E-state index contributed by atoms with van der Waals surface area (Å²) in [7, 11) is 0. The molecule has 0 aromatic heterocycles. The Labute approximate surface area is 103 Å². The van der Waals surface area contributed by atoms with Crippen LogP contribution in [0.3, 0.4) is 0 Å². The first-order valence-electron chi connectivity index (χ1n) is 6.08. The van der Waals surface area contributed by atoms with Crippen LogP contribution in [0.4, 0.5) is 0 Å². The molecule has 0 unspecified atom stereocenters. The monoisotopic (exact) mass is 232 g/mol. The van der Waals surface area contributed by atoms with Gasteiger partial charge in [-0.15, -0.1) is 6.58 Å². The zero-order valence-corrected chi connectivity index (χ0v) is 10.4. The van der Waals surface area contributed by atoms with Gasteiger partial charge >= 0.3 is 0 Å². The summed E-state index contributed by atoms with van der Waals surface area (Å²) in [6.07, 6.45) is 3.65. The average Bonchev–Trinajstić information content (AvgIpc) is 2.76. The Bertz CT molecular complexity index is 382. The molecule has 1 heterocycles. The molecular weight excluding hydrogens is 212 g/mol. The Hall–Kier alpha value is -1.12. The second-order valence-electron chi connectivity index (χ2n) is 5.11. The van der Waals surface area contributed by atoms with Crippen LogP contribution in [0.5, 0.6) is 0 Å². The van der Waals surface area contributed by atoms with E-state index >= 15 is 0 Å². The van der Waals surface area contributed by atoms with Crippen molar-refractivity contribution in [2.75, 3.05) is 13.2 Å². The lowest BCUT2D eigenvalue weighted by Gasteiger charge is -2.24. The summed E-state index contributed by atoms with van der Waals surface area (Å²) in [4.78, 5) is 0. The van der Waals surface area contributed by atoms with Crippen LogP contribution in [0.15, 0.2) is 36.9 Å². The fourth-order valence-electron chi connectivity index (χ4n) is 2.41. The molecule has 0 radical (unpaired) electrons. The highest BCUT2D eigenvalue weighted by atomic mass is 16.5. The minimum atomic E-state index is -0.131. The van der Waals surface area contributed by atoms with E-state index < -0.39 is 0 Å². The Morgan fingerprint density at radius 2 is 2.18 bits per heavy atom. The van der Waals surface area contributed by atoms with Gasteiger partial charge in [0, 0.05) is 5.41 Å². The maximum absolute atomic E-state index is 9.63. The molecule has 0 amide bonds. The lowest BCUT2D eigenvalue weighted by molar-refractivity contribution is 0.0835. The summed E-state index contributed by atoms with van der Waals surface area (Å²) in [6, 6.07) is 8.49. The summed E-state index contributed by atoms with van der Waals surface area (Å²) in [5.41, 5.74) is 2.39. The van der Waals surface area contributed by atoms with Gasteiger partial charge in [-0.25, -0.2) is 0 Å². The van der Waals surface area contributed by atoms with Crippen molar-refractivity contribution in [2.24, 2.45) is 5.41 Å². The Kier molecular flexibility index (Phi) is 3.65. The molecule has 2 nitrogen and oxygen atoms in total. The third-order valence-electron chi connectivity index (χ3n) is 3.54. The normalized spacial score (nSPS) is 28.2. The van der Waals surface area contributed by atoms with E-state index in [1.165, 1.54) is 11.1 Å². The number of aliphatic hydroxyl groups excluding tert-OH is 1. The van der Waals surface area contributed by atoms with Gasteiger partial charge in [0.05, 0.1) is 19.3 Å². The molecular formula is C15H20O2. The van der Waals surface area contributed by atoms with E-state index in [0.717, 1.165) is 12.8 Å². The van der Waals surface area contributed by atoms with Crippen molar-refractivity contribution in [1.29, 1.82) is 0 Å². The molecule has 1 aliphatic heterocycles. The van der Waals surface area contributed by atoms with Crippen molar-refractivity contribution in [3.05, 3.63) is 48.0 Å². The third kappa shape index (κ3) is 2.76. The quantitative estimate of drug-likeness (QED) is 0.808. The Morgan fingerprint density at radius 1 is 1.47 bits per heavy atom. The van der Waals surface area contributed by atoms with Crippen molar-refractivity contribution in [3.8, 4) is 0 Å². The van der Waals surface area contributed by atoms with Crippen LogP contribution in [0.1, 0.15) is 17.5 Å². The van der Waals surface area contributed by atoms with Crippen LogP contribution in [-0.4, -0.2) is 24.4 Å². The van der Waals surface area contributed by atoms with Crippen molar-refractivity contribution in [3.63, 3.8) is 0 Å². The van der Waals surface area contributed by atoms with E-state index in [0.29, 0.717) is 6.61 Å². The summed E-state index contributed by atoms with van der Waals surface area (Å²) in [5, 5.41) is 9.63. The summed E-state index contributed by atoms with van der Waals surface area (Å²) in [5.74, 6) is 0. The third-order valence-corrected chi connectivity index (χ3v) is 3.54. The molecule has 1 saturated heterocycles. The van der Waals surface area contributed by atoms with E-state index in [9.17, 15) is 5.11 Å². The number of aryl methyl sites for hydroxylation is 1. The van der Waals surface area contributed by atoms with E-state index in [1.807, 2.05) is 6.08 Å². The van der Waals surface area contributed by atoms with E-state index in [-0.39, 0.29) is 18.1 Å². The predicted molar refractivity (Wildman–Crippen MR) is 69.0 cm³/mol. The Balaban J connectivity index is 2.10. The molecule has 17 heavy (non-hydrogen) atoms. The van der Waals surface area contributed by atoms with Crippen LogP contribution in [-0.2, 0) is 11.2 Å². The minimum Gasteiger partial charge on any atom is -0.396 e. The molecule has 1 aliphatic rings. The van der Waals surface area contributed by atoms with Gasteiger partial charge in [0.1, 0.15) is 0 Å². The van der Waals surface area contributed by atoms with Crippen molar-refractivity contribution in [1.82, 2.24) is 0 Å². The topological polar surface area (TPSA) is 29.5 Å². The predicted octanol–water partition coefficient (Wildman–Crippen LogP) is 2.49. The first-order chi connectivity index (χ1) is 8.17. The van der Waals surface area contributed by atoms with E-state index in [2.05, 4.69) is 37.8 Å². The van der Waals surface area contributed by atoms with Gasteiger partial charge in [-0.05, 0) is 25.3 Å². The first-order valence-corrected chi connectivity index (χ1v) is 6.08. The van der Waals surface area contributed by atoms with E-state index in [4.69, 9.17) is 4.74 Å². The number of hydrogen-bond donors (Lipinski definition) is 1. The maximum atomic E-state index is 9.63. The fourth-order valence-corrected chi connectivity index (χ4v) is 2.41. The number of ether oxygens (including phenoxy) is 1. The molecule has 2 rings (SSSR count). The highest BCUT2D eigenvalue weighted by Gasteiger charge is 2.38. The first kappa shape index (κ1) is 12.3. The molecule has 1 aromatic rings. The lowest BCUT2D eigenvalue weighted by atomic mass is 9.80. The molecule has 0 bridgehead atoms. The molecule has 0 aliphatic carbocycles. The molecule has 1 fully saturated rings. The van der Waals surface area contributed by atoms with Crippen molar-refractivity contribution < 1.29 is 9.84 Å². The largest absolute Gasteiger partial charge is 0.396 e. The highest BCUT2D eigenvalue weighted by Crippen LogP contribution is 2.36. The van der Waals surface area contributed by atoms with Gasteiger partial charge in [0.15, 0.2) is 0 Å². The SMILES string of the molecule is C=C[C@H]1C[C@@](CO)(Cc2ccc(C)cc2)CO1. The van der Waals surface area contributed by atoms with Gasteiger partial charge in [-0.1, -0.05) is 35.9 Å². The molecule has 2 heteroatoms.